The van der Waals surface area contributed by atoms with Crippen LogP contribution in [0, 0.1) is 19.7 Å². The first-order valence-electron chi connectivity index (χ1n) is 8.81. The number of carbonyl (C=O) groups is 1. The van der Waals surface area contributed by atoms with Gasteiger partial charge in [-0.15, -0.1) is 0 Å². The van der Waals surface area contributed by atoms with E-state index >= 15 is 0 Å². The molecule has 2 aromatic carbocycles. The van der Waals surface area contributed by atoms with Gasteiger partial charge in [-0.05, 0) is 31.5 Å². The van der Waals surface area contributed by atoms with E-state index in [1.165, 1.54) is 19.2 Å². The summed E-state index contributed by atoms with van der Waals surface area (Å²) in [7, 11) is 1.28. The van der Waals surface area contributed by atoms with E-state index in [-0.39, 0.29) is 45.3 Å². The Morgan fingerprint density at radius 1 is 1.13 bits per heavy atom. The third-order valence-corrected chi connectivity index (χ3v) is 4.89. The Kier molecular flexibility index (Phi) is 6.43. The second-order valence-electron chi connectivity index (χ2n) is 6.61. The lowest BCUT2D eigenvalue weighted by molar-refractivity contribution is 0.0466. The number of esters is 1. The molecule has 1 heterocycles. The van der Waals surface area contributed by atoms with Crippen LogP contribution in [0.2, 0.25) is 10.0 Å². The van der Waals surface area contributed by atoms with Crippen LogP contribution in [0.1, 0.15) is 27.2 Å². The number of benzene rings is 2. The highest BCUT2D eigenvalue weighted by Crippen LogP contribution is 2.35. The molecule has 6 nitrogen and oxygen atoms in total. The highest BCUT2D eigenvalue weighted by molar-refractivity contribution is 6.35. The van der Waals surface area contributed by atoms with E-state index in [2.05, 4.69) is 9.97 Å². The first kappa shape index (κ1) is 21.8. The Hall–Kier alpha value is -2.90. The first-order chi connectivity index (χ1) is 14.2. The van der Waals surface area contributed by atoms with Gasteiger partial charge in [0.2, 0.25) is 0 Å². The van der Waals surface area contributed by atoms with Crippen molar-refractivity contribution >= 4 is 35.0 Å². The Balaban J connectivity index is 1.94. The number of halogens is 3. The van der Waals surface area contributed by atoms with E-state index in [0.29, 0.717) is 0 Å². The summed E-state index contributed by atoms with van der Waals surface area (Å²) >= 11 is 12.0. The number of aromatic nitrogens is 2. The first-order valence-corrected chi connectivity index (χ1v) is 9.56. The van der Waals surface area contributed by atoms with Crippen LogP contribution >= 0.6 is 23.2 Å². The van der Waals surface area contributed by atoms with E-state index < -0.39 is 11.8 Å². The summed E-state index contributed by atoms with van der Waals surface area (Å²) in [6.07, 6.45) is 0. The Morgan fingerprint density at radius 3 is 2.43 bits per heavy atom. The highest BCUT2D eigenvalue weighted by Gasteiger charge is 2.23. The summed E-state index contributed by atoms with van der Waals surface area (Å²) in [5.74, 6) is -2.11. The Labute approximate surface area is 182 Å². The van der Waals surface area contributed by atoms with Gasteiger partial charge in [-0.3, -0.25) is 0 Å². The number of anilines is 1. The van der Waals surface area contributed by atoms with Crippen molar-refractivity contribution in [3.8, 4) is 17.1 Å². The van der Waals surface area contributed by atoms with Gasteiger partial charge in [0.1, 0.15) is 17.4 Å². The molecule has 0 fully saturated rings. The maximum atomic E-state index is 14.8. The molecule has 1 aromatic heterocycles. The molecular weight excluding hydrogens is 432 g/mol. The van der Waals surface area contributed by atoms with Gasteiger partial charge in [0, 0.05) is 0 Å². The molecule has 156 valence electrons. The van der Waals surface area contributed by atoms with E-state index in [0.717, 1.165) is 16.7 Å². The van der Waals surface area contributed by atoms with Crippen LogP contribution in [0.4, 0.5) is 10.2 Å². The van der Waals surface area contributed by atoms with Crippen molar-refractivity contribution in [1.82, 2.24) is 9.97 Å². The molecule has 0 aliphatic heterocycles. The van der Waals surface area contributed by atoms with Crippen molar-refractivity contribution in [3.63, 3.8) is 0 Å². The molecule has 0 unspecified atom stereocenters. The van der Waals surface area contributed by atoms with Crippen LogP contribution in [-0.2, 0) is 11.3 Å². The van der Waals surface area contributed by atoms with Gasteiger partial charge in [-0.25, -0.2) is 19.2 Å². The topological polar surface area (TPSA) is 87.3 Å². The number of carbonyl (C=O) groups excluding carboxylic acids is 1. The van der Waals surface area contributed by atoms with Gasteiger partial charge in [-0.1, -0.05) is 52.5 Å². The summed E-state index contributed by atoms with van der Waals surface area (Å²) in [4.78, 5) is 20.7. The summed E-state index contributed by atoms with van der Waals surface area (Å²) in [6, 6.07) is 8.58. The van der Waals surface area contributed by atoms with Crippen molar-refractivity contribution in [2.24, 2.45) is 0 Å². The molecule has 0 saturated heterocycles. The van der Waals surface area contributed by atoms with Gasteiger partial charge in [-0.2, -0.15) is 0 Å². The average molecular weight is 450 g/mol. The standard InChI is InChI=1S/C21H18Cl2FN3O3/c1-10-6-11(2)8-12(7-10)9-30-21(28)17-15(23)19(25)27-20(26-17)13-4-5-14(22)18(29-3)16(13)24/h4-8H,9H2,1-3H3,(H2,25,26,27). The summed E-state index contributed by atoms with van der Waals surface area (Å²) < 4.78 is 25.1. The van der Waals surface area contributed by atoms with E-state index in [1.54, 1.807) is 0 Å². The number of methoxy groups -OCH3 is 1. The maximum absolute atomic E-state index is 14.8. The molecule has 0 aliphatic rings. The predicted molar refractivity (Wildman–Crippen MR) is 113 cm³/mol. The Bertz CT molecular complexity index is 1120. The number of ether oxygens (including phenoxy) is 2. The van der Waals surface area contributed by atoms with Gasteiger partial charge < -0.3 is 15.2 Å². The zero-order chi connectivity index (χ0) is 22.0. The summed E-state index contributed by atoms with van der Waals surface area (Å²) in [5, 5.41) is -0.0979. The zero-order valence-electron chi connectivity index (χ0n) is 16.4. The molecule has 0 spiro atoms. The minimum Gasteiger partial charge on any atom is -0.492 e. The van der Waals surface area contributed by atoms with Crippen LogP contribution in [-0.4, -0.2) is 23.0 Å². The fraction of sp³-hybridized carbons (Fsp3) is 0.190. The smallest absolute Gasteiger partial charge is 0.359 e. The fourth-order valence-corrected chi connectivity index (χ4v) is 3.37. The lowest BCUT2D eigenvalue weighted by atomic mass is 10.1. The number of nitrogen functional groups attached to an aromatic ring is 1. The monoisotopic (exact) mass is 449 g/mol. The molecule has 3 rings (SSSR count). The molecule has 30 heavy (non-hydrogen) atoms. The number of hydrogen-bond donors (Lipinski definition) is 1. The van der Waals surface area contributed by atoms with Crippen molar-refractivity contribution in [1.29, 1.82) is 0 Å². The minimum absolute atomic E-state index is 0.0139. The van der Waals surface area contributed by atoms with Crippen LogP contribution < -0.4 is 10.5 Å². The fourth-order valence-electron chi connectivity index (χ4n) is 2.98. The SMILES string of the molecule is COc1c(Cl)ccc(-c2nc(N)c(Cl)c(C(=O)OCc3cc(C)cc(C)c3)n2)c1F. The molecule has 3 aromatic rings. The number of hydrogen-bond acceptors (Lipinski definition) is 6. The van der Waals surface area contributed by atoms with Crippen molar-refractivity contribution in [2.45, 2.75) is 20.5 Å². The van der Waals surface area contributed by atoms with E-state index in [1.807, 2.05) is 32.0 Å². The molecular formula is C21H18Cl2FN3O3. The van der Waals surface area contributed by atoms with Gasteiger partial charge >= 0.3 is 5.97 Å². The van der Waals surface area contributed by atoms with Crippen LogP contribution in [0.15, 0.2) is 30.3 Å². The number of nitrogens with two attached hydrogens (primary N) is 1. The van der Waals surface area contributed by atoms with Crippen molar-refractivity contribution < 1.29 is 18.7 Å². The molecule has 0 atom stereocenters. The van der Waals surface area contributed by atoms with E-state index in [4.69, 9.17) is 38.4 Å². The van der Waals surface area contributed by atoms with Crippen molar-refractivity contribution in [3.05, 3.63) is 68.6 Å². The number of aryl methyl sites for hydroxylation is 2. The third-order valence-electron chi connectivity index (χ3n) is 4.22. The number of nitrogens with zero attached hydrogens (tertiary/aromatic N) is 2. The summed E-state index contributed by atoms with van der Waals surface area (Å²) in [6.45, 7) is 3.91. The maximum Gasteiger partial charge on any atom is 0.359 e. The highest BCUT2D eigenvalue weighted by atomic mass is 35.5. The summed E-state index contributed by atoms with van der Waals surface area (Å²) in [5.41, 5.74) is 8.40. The van der Waals surface area contributed by atoms with Crippen LogP contribution in [0.5, 0.6) is 5.75 Å². The van der Waals surface area contributed by atoms with Gasteiger partial charge in [0.15, 0.2) is 23.1 Å². The molecule has 0 bridgehead atoms. The molecule has 9 heteroatoms. The number of rotatable bonds is 5. The van der Waals surface area contributed by atoms with Crippen LogP contribution in [0.25, 0.3) is 11.4 Å². The van der Waals surface area contributed by atoms with Gasteiger partial charge in [0.25, 0.3) is 0 Å². The average Bonchev–Trinajstić information content (AvgIpc) is 2.68. The van der Waals surface area contributed by atoms with Crippen LogP contribution in [0.3, 0.4) is 0 Å². The largest absolute Gasteiger partial charge is 0.492 e. The molecule has 0 aliphatic carbocycles. The molecule has 0 radical (unpaired) electrons. The quantitative estimate of drug-likeness (QED) is 0.541. The predicted octanol–water partition coefficient (Wildman–Crippen LogP) is 5.15. The molecule has 2 N–H and O–H groups in total. The van der Waals surface area contributed by atoms with Crippen molar-refractivity contribution in [2.75, 3.05) is 12.8 Å². The molecule has 0 amide bonds. The second kappa shape index (κ2) is 8.85. The molecule has 0 saturated carbocycles. The normalized spacial score (nSPS) is 10.7. The minimum atomic E-state index is -0.809. The van der Waals surface area contributed by atoms with E-state index in [9.17, 15) is 9.18 Å². The lowest BCUT2D eigenvalue weighted by Gasteiger charge is -2.12. The second-order valence-corrected chi connectivity index (χ2v) is 7.39. The lowest BCUT2D eigenvalue weighted by Crippen LogP contribution is -2.12. The Morgan fingerprint density at radius 2 is 1.80 bits per heavy atom. The third kappa shape index (κ3) is 4.47. The van der Waals surface area contributed by atoms with Gasteiger partial charge in [0.05, 0.1) is 17.7 Å². The zero-order valence-corrected chi connectivity index (χ0v) is 17.9.